The van der Waals surface area contributed by atoms with Crippen LogP contribution in [-0.2, 0) is 4.74 Å². The van der Waals surface area contributed by atoms with Gasteiger partial charge in [-0.2, -0.15) is 0 Å². The number of hydrogen-bond donors (Lipinski definition) is 2. The lowest BCUT2D eigenvalue weighted by molar-refractivity contribution is -0.383. The smallest absolute Gasteiger partial charge is 0.346 e. The number of nitro groups is 1. The van der Waals surface area contributed by atoms with Crippen molar-refractivity contribution in [3.8, 4) is 11.1 Å². The van der Waals surface area contributed by atoms with E-state index in [0.29, 0.717) is 0 Å². The predicted molar refractivity (Wildman–Crippen MR) is 140 cm³/mol. The van der Waals surface area contributed by atoms with Crippen molar-refractivity contribution in [2.24, 2.45) is 0 Å². The third-order valence-electron chi connectivity index (χ3n) is 6.36. The van der Waals surface area contributed by atoms with E-state index in [2.05, 4.69) is 29.0 Å². The number of aryl methyl sites for hydroxylation is 4. The van der Waals surface area contributed by atoms with E-state index in [4.69, 9.17) is 11.5 Å². The summed E-state index contributed by atoms with van der Waals surface area (Å²) in [6, 6.07) is 15.6. The van der Waals surface area contributed by atoms with Crippen molar-refractivity contribution in [1.82, 2.24) is 0 Å². The fourth-order valence-electron chi connectivity index (χ4n) is 4.37. The molecule has 4 aromatic rings. The zero-order valence-corrected chi connectivity index (χ0v) is 20.3. The first kappa shape index (κ1) is 24.4. The minimum Gasteiger partial charge on any atom is -0.398 e. The van der Waals surface area contributed by atoms with Gasteiger partial charge >= 0.3 is 11.9 Å². The van der Waals surface area contributed by atoms with E-state index in [1.807, 2.05) is 27.7 Å². The molecule has 0 unspecified atom stereocenters. The summed E-state index contributed by atoms with van der Waals surface area (Å²) in [6.45, 7) is 8.18. The largest absolute Gasteiger partial charge is 0.398 e. The summed E-state index contributed by atoms with van der Waals surface area (Å²) in [5.41, 5.74) is 20.8. The van der Waals surface area contributed by atoms with Gasteiger partial charge in [0.05, 0.1) is 21.4 Å². The number of rotatable bonds is 2. The third-order valence-corrected chi connectivity index (χ3v) is 6.36. The number of benzene rings is 4. The molecular weight excluding hydrogens is 458 g/mol. The van der Waals surface area contributed by atoms with E-state index in [1.54, 1.807) is 0 Å². The van der Waals surface area contributed by atoms with Gasteiger partial charge in [0.25, 0.3) is 5.69 Å². The fourth-order valence-corrected chi connectivity index (χ4v) is 4.37. The Hall–Kier alpha value is -4.72. The van der Waals surface area contributed by atoms with Gasteiger partial charge in [-0.05, 0) is 104 Å². The van der Waals surface area contributed by atoms with Crippen LogP contribution in [0, 0.1) is 37.8 Å². The van der Waals surface area contributed by atoms with Crippen LogP contribution < -0.4 is 11.5 Å². The SMILES string of the molecule is Cc1cc(-c2cc(C)c(N)c(C)c2)cc(C)c1N.O=C1OC(=O)c2ccc([N+](=O)[O-])c3cccc1c23. The minimum atomic E-state index is -0.779. The standard InChI is InChI=1S/C16H20N2.C12H5NO5/c1-9-5-13(6-10(2)15(9)17)14-7-11(3)16(18)12(4)8-14;14-11-7-3-1-2-6-9(13(16)17)5-4-8(10(6)7)12(15)18-11/h5-8H,17-18H2,1-4H3;1-5H. The molecule has 1 aliphatic rings. The monoisotopic (exact) mass is 483 g/mol. The molecule has 0 spiro atoms. The minimum absolute atomic E-state index is 0.141. The van der Waals surface area contributed by atoms with Crippen molar-refractivity contribution in [2.75, 3.05) is 11.5 Å². The average Bonchev–Trinajstić information content (AvgIpc) is 2.83. The Morgan fingerprint density at radius 1 is 0.722 bits per heavy atom. The molecular formula is C28H25N3O5. The molecule has 0 amide bonds. The van der Waals surface area contributed by atoms with Gasteiger partial charge in [0.1, 0.15) is 0 Å². The second-order valence-electron chi connectivity index (χ2n) is 8.84. The first-order valence-electron chi connectivity index (χ1n) is 11.2. The number of hydrogen-bond acceptors (Lipinski definition) is 7. The molecule has 1 heterocycles. The molecule has 0 atom stereocenters. The molecule has 8 heteroatoms. The number of nitrogen functional groups attached to an aromatic ring is 2. The molecule has 182 valence electrons. The molecule has 5 rings (SSSR count). The summed E-state index contributed by atoms with van der Waals surface area (Å²) in [4.78, 5) is 33.5. The Morgan fingerprint density at radius 2 is 1.17 bits per heavy atom. The third kappa shape index (κ3) is 4.24. The Labute approximate surface area is 207 Å². The van der Waals surface area contributed by atoms with Crippen molar-refractivity contribution in [1.29, 1.82) is 0 Å². The summed E-state index contributed by atoms with van der Waals surface area (Å²) in [7, 11) is 0. The molecule has 36 heavy (non-hydrogen) atoms. The number of carbonyl (C=O) groups is 2. The quantitative estimate of drug-likeness (QED) is 0.121. The second-order valence-corrected chi connectivity index (χ2v) is 8.84. The Kier molecular flexibility index (Phi) is 6.20. The number of anilines is 2. The highest BCUT2D eigenvalue weighted by Gasteiger charge is 2.29. The highest BCUT2D eigenvalue weighted by atomic mass is 16.6. The number of ether oxygens (including phenoxy) is 1. The highest BCUT2D eigenvalue weighted by Crippen LogP contribution is 2.34. The zero-order chi connectivity index (χ0) is 26.3. The Bertz CT molecular complexity index is 1470. The lowest BCUT2D eigenvalue weighted by atomic mass is 9.95. The Balaban J connectivity index is 0.000000169. The maximum atomic E-state index is 11.6. The van der Waals surface area contributed by atoms with Gasteiger partial charge < -0.3 is 16.2 Å². The molecule has 0 radical (unpaired) electrons. The van der Waals surface area contributed by atoms with Gasteiger partial charge in [0, 0.05) is 22.8 Å². The number of cyclic esters (lactones) is 2. The summed E-state index contributed by atoms with van der Waals surface area (Å²) in [5, 5.41) is 11.5. The second kappa shape index (κ2) is 9.14. The van der Waals surface area contributed by atoms with E-state index < -0.39 is 16.9 Å². The molecule has 4 aromatic carbocycles. The van der Waals surface area contributed by atoms with Gasteiger partial charge in [0.15, 0.2) is 0 Å². The molecule has 0 saturated carbocycles. The van der Waals surface area contributed by atoms with Gasteiger partial charge in [-0.15, -0.1) is 0 Å². The van der Waals surface area contributed by atoms with Crippen molar-refractivity contribution >= 4 is 39.8 Å². The fraction of sp³-hybridized carbons (Fsp3) is 0.143. The van der Waals surface area contributed by atoms with Crippen LogP contribution in [0.5, 0.6) is 0 Å². The number of carbonyl (C=O) groups excluding carboxylic acids is 2. The predicted octanol–water partition coefficient (Wildman–Crippen LogP) is 5.81. The van der Waals surface area contributed by atoms with Crippen LogP contribution in [0.1, 0.15) is 43.0 Å². The summed E-state index contributed by atoms with van der Waals surface area (Å²) < 4.78 is 4.56. The average molecular weight is 484 g/mol. The van der Waals surface area contributed by atoms with E-state index >= 15 is 0 Å². The molecule has 0 fully saturated rings. The van der Waals surface area contributed by atoms with E-state index in [0.717, 1.165) is 33.6 Å². The Morgan fingerprint density at radius 3 is 1.61 bits per heavy atom. The molecule has 0 saturated heterocycles. The molecule has 0 aliphatic carbocycles. The topological polar surface area (TPSA) is 139 Å². The van der Waals surface area contributed by atoms with Crippen LogP contribution in [0.25, 0.3) is 21.9 Å². The maximum Gasteiger partial charge on any atom is 0.346 e. The van der Waals surface area contributed by atoms with Crippen molar-refractivity contribution in [3.05, 3.63) is 98.1 Å². The summed E-state index contributed by atoms with van der Waals surface area (Å²) in [6.07, 6.45) is 0. The van der Waals surface area contributed by atoms with E-state index in [-0.39, 0.29) is 27.6 Å². The first-order valence-corrected chi connectivity index (χ1v) is 11.2. The molecule has 4 N–H and O–H groups in total. The molecule has 8 nitrogen and oxygen atoms in total. The van der Waals surface area contributed by atoms with Crippen molar-refractivity contribution in [3.63, 3.8) is 0 Å². The number of esters is 2. The highest BCUT2D eigenvalue weighted by molar-refractivity contribution is 6.22. The van der Waals surface area contributed by atoms with Crippen LogP contribution in [0.4, 0.5) is 17.1 Å². The normalized spacial score (nSPS) is 12.1. The molecule has 0 bridgehead atoms. The van der Waals surface area contributed by atoms with Crippen LogP contribution in [0.2, 0.25) is 0 Å². The van der Waals surface area contributed by atoms with Crippen molar-refractivity contribution in [2.45, 2.75) is 27.7 Å². The van der Waals surface area contributed by atoms with Gasteiger partial charge in [0.2, 0.25) is 0 Å². The molecule has 1 aliphatic heterocycles. The summed E-state index contributed by atoms with van der Waals surface area (Å²) >= 11 is 0. The first-order chi connectivity index (χ1) is 17.0. The van der Waals surface area contributed by atoms with Crippen LogP contribution in [0.3, 0.4) is 0 Å². The maximum absolute atomic E-state index is 11.6. The number of non-ortho nitro benzene ring substituents is 1. The number of nitro benzene ring substituents is 1. The zero-order valence-electron chi connectivity index (χ0n) is 20.3. The van der Waals surface area contributed by atoms with Gasteiger partial charge in [-0.25, -0.2) is 9.59 Å². The summed E-state index contributed by atoms with van der Waals surface area (Å²) in [5.74, 6) is -1.56. The van der Waals surface area contributed by atoms with Crippen LogP contribution in [0.15, 0.2) is 54.6 Å². The van der Waals surface area contributed by atoms with Crippen LogP contribution >= 0.6 is 0 Å². The lowest BCUT2D eigenvalue weighted by Crippen LogP contribution is -2.19. The molecule has 0 aromatic heterocycles. The number of nitrogens with two attached hydrogens (primary N) is 2. The van der Waals surface area contributed by atoms with E-state index in [1.165, 1.54) is 41.5 Å². The lowest BCUT2D eigenvalue weighted by Gasteiger charge is -2.14. The van der Waals surface area contributed by atoms with Crippen molar-refractivity contribution < 1.29 is 19.2 Å². The van der Waals surface area contributed by atoms with E-state index in [9.17, 15) is 19.7 Å². The number of nitrogens with zero attached hydrogens (tertiary/aromatic N) is 1. The van der Waals surface area contributed by atoms with Crippen LogP contribution in [-0.4, -0.2) is 16.9 Å². The van der Waals surface area contributed by atoms with Gasteiger partial charge in [-0.1, -0.05) is 6.07 Å². The van der Waals surface area contributed by atoms with Gasteiger partial charge in [-0.3, -0.25) is 10.1 Å².